The Morgan fingerprint density at radius 2 is 2.25 bits per heavy atom. The van der Waals surface area contributed by atoms with Gasteiger partial charge in [-0.15, -0.1) is 0 Å². The van der Waals surface area contributed by atoms with E-state index < -0.39 is 5.95 Å². The van der Waals surface area contributed by atoms with Gasteiger partial charge in [0.25, 0.3) is 0 Å². The molecule has 1 saturated heterocycles. The quantitative estimate of drug-likeness (QED) is 0.463. The van der Waals surface area contributed by atoms with Crippen LogP contribution in [-0.2, 0) is 6.54 Å². The third kappa shape index (κ3) is 2.01. The average Bonchev–Trinajstić information content (AvgIpc) is 3.01. The molecule has 6 heteroatoms. The van der Waals surface area contributed by atoms with E-state index in [1.807, 2.05) is 12.3 Å². The van der Waals surface area contributed by atoms with Crippen LogP contribution in [0.2, 0.25) is 0 Å². The predicted octanol–water partition coefficient (Wildman–Crippen LogP) is 1.89. The van der Waals surface area contributed by atoms with Gasteiger partial charge in [-0.2, -0.15) is 9.49 Å². The molecular formula is C10H9FN4S. The Bertz CT molecular complexity index is 509. The largest absolute Gasteiger partial charge is 0.286 e. The second kappa shape index (κ2) is 3.79. The molecule has 0 saturated carbocycles. The third-order valence-electron chi connectivity index (χ3n) is 2.24. The van der Waals surface area contributed by atoms with Gasteiger partial charge < -0.3 is 0 Å². The minimum Gasteiger partial charge on any atom is -0.286 e. The van der Waals surface area contributed by atoms with E-state index in [1.165, 1.54) is 6.07 Å². The van der Waals surface area contributed by atoms with Crippen molar-refractivity contribution in [1.29, 1.82) is 0 Å². The molecule has 4 nitrogen and oxygen atoms in total. The molecule has 0 atom stereocenters. The highest BCUT2D eigenvalue weighted by atomic mass is 32.2. The molecule has 0 unspecified atom stereocenters. The molecule has 0 amide bonds. The van der Waals surface area contributed by atoms with Crippen LogP contribution < -0.4 is 4.31 Å². The van der Waals surface area contributed by atoms with Gasteiger partial charge in [-0.25, -0.2) is 4.98 Å². The van der Waals surface area contributed by atoms with E-state index in [1.54, 1.807) is 28.8 Å². The summed E-state index contributed by atoms with van der Waals surface area (Å²) in [6.07, 6.45) is 1.88. The molecule has 2 aromatic heterocycles. The monoisotopic (exact) mass is 236 g/mol. The first kappa shape index (κ1) is 9.65. The average molecular weight is 236 g/mol. The number of hydrogen-bond donors (Lipinski definition) is 0. The van der Waals surface area contributed by atoms with E-state index in [9.17, 15) is 4.39 Å². The lowest BCUT2D eigenvalue weighted by atomic mass is 10.3. The molecule has 82 valence electrons. The molecule has 3 rings (SSSR count). The maximum atomic E-state index is 12.9. The van der Waals surface area contributed by atoms with Gasteiger partial charge in [-0.1, -0.05) is 6.07 Å². The zero-order chi connectivity index (χ0) is 11.0. The van der Waals surface area contributed by atoms with Crippen LogP contribution in [0.5, 0.6) is 0 Å². The second-order valence-corrected chi connectivity index (χ2v) is 4.42. The highest BCUT2D eigenvalue weighted by molar-refractivity contribution is 8.07. The Balaban J connectivity index is 1.77. The molecule has 0 N–H and O–H groups in total. The van der Waals surface area contributed by atoms with Crippen LogP contribution in [0.3, 0.4) is 0 Å². The molecule has 16 heavy (non-hydrogen) atoms. The van der Waals surface area contributed by atoms with E-state index in [0.717, 1.165) is 11.7 Å². The van der Waals surface area contributed by atoms with Crippen molar-refractivity contribution in [3.8, 4) is 0 Å². The Hall–Kier alpha value is -1.56. The summed E-state index contributed by atoms with van der Waals surface area (Å²) in [5.41, 5.74) is 0.674. The zero-order valence-corrected chi connectivity index (χ0v) is 9.19. The normalized spacial score (nSPS) is 14.2. The maximum absolute atomic E-state index is 12.9. The minimum absolute atomic E-state index is 0.452. The number of nitrogens with zero attached hydrogens (tertiary/aromatic N) is 4. The summed E-state index contributed by atoms with van der Waals surface area (Å²) in [5, 5.41) is 4.36. The molecule has 1 fully saturated rings. The molecule has 0 radical (unpaired) electrons. The first-order chi connectivity index (χ1) is 7.81. The van der Waals surface area contributed by atoms with Crippen molar-refractivity contribution in [3.63, 3.8) is 0 Å². The topological polar surface area (TPSA) is 33.7 Å². The maximum Gasteiger partial charge on any atom is 0.213 e. The fraction of sp³-hybridized carbons (Fsp3) is 0.200. The lowest BCUT2D eigenvalue weighted by Crippen LogP contribution is -2.03. The van der Waals surface area contributed by atoms with Crippen LogP contribution in [0.15, 0.2) is 30.5 Å². The number of hydrogen-bond acceptors (Lipinski definition) is 4. The first-order valence-corrected chi connectivity index (χ1v) is 5.81. The zero-order valence-electron chi connectivity index (χ0n) is 8.38. The molecular weight excluding hydrogens is 227 g/mol. The number of pyridine rings is 1. The standard InChI is InChI=1S/C10H9FN4S/c11-9-3-1-2-8(12-9)6-14-5-4-10(13-14)15-7-16-15/h1-5H,6-7H2. The van der Waals surface area contributed by atoms with Crippen molar-refractivity contribution in [3.05, 3.63) is 42.1 Å². The number of anilines is 1. The number of halogens is 1. The molecule has 2 aromatic rings. The highest BCUT2D eigenvalue weighted by Crippen LogP contribution is 2.33. The summed E-state index contributed by atoms with van der Waals surface area (Å²) in [5.74, 6) is 1.49. The lowest BCUT2D eigenvalue weighted by molar-refractivity contribution is 0.567. The first-order valence-electron chi connectivity index (χ1n) is 4.86. The Morgan fingerprint density at radius 1 is 1.38 bits per heavy atom. The van der Waals surface area contributed by atoms with Crippen molar-refractivity contribution in [2.45, 2.75) is 6.54 Å². The van der Waals surface area contributed by atoms with Gasteiger partial charge >= 0.3 is 0 Å². The second-order valence-electron chi connectivity index (χ2n) is 3.46. The van der Waals surface area contributed by atoms with Crippen LogP contribution in [0.25, 0.3) is 0 Å². The van der Waals surface area contributed by atoms with Crippen LogP contribution in [0.4, 0.5) is 10.2 Å². The summed E-state index contributed by atoms with van der Waals surface area (Å²) in [4.78, 5) is 3.79. The molecule has 0 spiro atoms. The van der Waals surface area contributed by atoms with Crippen LogP contribution in [-0.4, -0.2) is 20.6 Å². The lowest BCUT2D eigenvalue weighted by Gasteiger charge is -2.00. The Morgan fingerprint density at radius 3 is 3.00 bits per heavy atom. The Labute approximate surface area is 96.2 Å². The van der Waals surface area contributed by atoms with Crippen LogP contribution in [0, 0.1) is 5.95 Å². The van der Waals surface area contributed by atoms with E-state index in [2.05, 4.69) is 14.4 Å². The van der Waals surface area contributed by atoms with Crippen molar-refractivity contribution >= 4 is 17.8 Å². The predicted molar refractivity (Wildman–Crippen MR) is 60.5 cm³/mol. The Kier molecular flexibility index (Phi) is 2.28. The molecule has 0 bridgehead atoms. The molecule has 3 heterocycles. The van der Waals surface area contributed by atoms with Crippen LogP contribution >= 0.6 is 11.9 Å². The van der Waals surface area contributed by atoms with Crippen molar-refractivity contribution in [1.82, 2.24) is 14.8 Å². The summed E-state index contributed by atoms with van der Waals surface area (Å²) < 4.78 is 16.7. The van der Waals surface area contributed by atoms with E-state index in [4.69, 9.17) is 0 Å². The third-order valence-corrected chi connectivity index (χ3v) is 2.94. The molecule has 0 aromatic carbocycles. The summed E-state index contributed by atoms with van der Waals surface area (Å²) in [6.45, 7) is 0.496. The van der Waals surface area contributed by atoms with Crippen molar-refractivity contribution < 1.29 is 4.39 Å². The van der Waals surface area contributed by atoms with Gasteiger partial charge in [0.15, 0.2) is 5.82 Å². The summed E-state index contributed by atoms with van der Waals surface area (Å²) >= 11 is 1.73. The smallest absolute Gasteiger partial charge is 0.213 e. The fourth-order valence-electron chi connectivity index (χ4n) is 1.44. The summed E-state index contributed by atoms with van der Waals surface area (Å²) in [7, 11) is 0. The van der Waals surface area contributed by atoms with Gasteiger partial charge in [0.2, 0.25) is 5.95 Å². The number of aromatic nitrogens is 3. The van der Waals surface area contributed by atoms with Gasteiger partial charge in [0.05, 0.1) is 18.1 Å². The SMILES string of the molecule is Fc1cccc(Cn2ccc(N3CS3)n2)n1. The van der Waals surface area contributed by atoms with Gasteiger partial charge in [-0.05, 0) is 24.1 Å². The molecule has 1 aliphatic rings. The van der Waals surface area contributed by atoms with E-state index in [-0.39, 0.29) is 0 Å². The number of rotatable bonds is 3. The van der Waals surface area contributed by atoms with Gasteiger partial charge in [0, 0.05) is 12.3 Å². The van der Waals surface area contributed by atoms with Gasteiger partial charge in [-0.3, -0.25) is 8.99 Å². The van der Waals surface area contributed by atoms with Crippen molar-refractivity contribution in [2.24, 2.45) is 0 Å². The summed E-state index contributed by atoms with van der Waals surface area (Å²) in [6, 6.07) is 6.72. The van der Waals surface area contributed by atoms with Gasteiger partial charge in [0.1, 0.15) is 0 Å². The van der Waals surface area contributed by atoms with E-state index >= 15 is 0 Å². The molecule has 0 aliphatic carbocycles. The fourth-order valence-corrected chi connectivity index (χ4v) is 1.86. The molecule has 1 aliphatic heterocycles. The minimum atomic E-state index is -0.452. The van der Waals surface area contributed by atoms with Crippen molar-refractivity contribution in [2.75, 3.05) is 10.2 Å². The van der Waals surface area contributed by atoms with Crippen LogP contribution in [0.1, 0.15) is 5.69 Å². The highest BCUT2D eigenvalue weighted by Gasteiger charge is 2.21. The van der Waals surface area contributed by atoms with E-state index in [0.29, 0.717) is 12.2 Å².